The van der Waals surface area contributed by atoms with Crippen molar-refractivity contribution < 1.29 is 4.79 Å². The summed E-state index contributed by atoms with van der Waals surface area (Å²) >= 11 is 1.37. The Morgan fingerprint density at radius 2 is 1.81 bits per heavy atom. The van der Waals surface area contributed by atoms with Crippen LogP contribution in [0.3, 0.4) is 0 Å². The number of nitrogens with zero attached hydrogens (tertiary/aromatic N) is 2. The van der Waals surface area contributed by atoms with Gasteiger partial charge in [-0.1, -0.05) is 85.3 Å². The van der Waals surface area contributed by atoms with E-state index in [0.29, 0.717) is 10.1 Å². The van der Waals surface area contributed by atoms with E-state index in [-0.39, 0.29) is 11.8 Å². The summed E-state index contributed by atoms with van der Waals surface area (Å²) in [6, 6.07) is 17.9. The van der Waals surface area contributed by atoms with Crippen molar-refractivity contribution in [3.8, 4) is 11.3 Å². The van der Waals surface area contributed by atoms with Gasteiger partial charge in [0.2, 0.25) is 11.0 Å². The molecule has 1 heterocycles. The number of aryl methyl sites for hydroxylation is 1. The summed E-state index contributed by atoms with van der Waals surface area (Å²) in [5.74, 6) is -0.141. The van der Waals surface area contributed by atoms with Crippen molar-refractivity contribution in [3.05, 3.63) is 65.7 Å². The number of rotatable bonds is 6. The number of carbonyl (C=O) groups excluding carboxylic acids is 1. The van der Waals surface area contributed by atoms with Crippen molar-refractivity contribution in [3.63, 3.8) is 0 Å². The summed E-state index contributed by atoms with van der Waals surface area (Å²) < 4.78 is 0. The van der Waals surface area contributed by atoms with E-state index >= 15 is 0 Å². The zero-order chi connectivity index (χ0) is 19.2. The zero-order valence-corrected chi connectivity index (χ0v) is 16.4. The predicted molar refractivity (Wildman–Crippen MR) is 113 cm³/mol. The standard InChI is InChI=1S/C21H22N4OS/c1-14(2)19(26)24-20-18(17-7-5-4-6-8-17)23-21(27-20)25-22-13-16-11-9-15(3)10-12-16/h4-14H,1-3H3,(H,23,25)(H,24,26). The van der Waals surface area contributed by atoms with Crippen molar-refractivity contribution in [1.29, 1.82) is 0 Å². The van der Waals surface area contributed by atoms with Crippen molar-refractivity contribution in [2.75, 3.05) is 10.7 Å². The minimum absolute atomic E-state index is 0.0365. The van der Waals surface area contributed by atoms with E-state index in [2.05, 4.69) is 20.8 Å². The van der Waals surface area contributed by atoms with Crippen LogP contribution in [0.25, 0.3) is 11.3 Å². The topological polar surface area (TPSA) is 66.4 Å². The lowest BCUT2D eigenvalue weighted by atomic mass is 10.1. The van der Waals surface area contributed by atoms with E-state index in [1.807, 2.05) is 75.4 Å². The number of nitrogens with one attached hydrogen (secondary N) is 2. The maximum absolute atomic E-state index is 12.1. The molecular formula is C21H22N4OS. The van der Waals surface area contributed by atoms with E-state index < -0.39 is 0 Å². The van der Waals surface area contributed by atoms with Gasteiger partial charge in [-0.15, -0.1) is 0 Å². The Balaban J connectivity index is 1.82. The molecule has 0 unspecified atom stereocenters. The molecule has 6 heteroatoms. The fourth-order valence-electron chi connectivity index (χ4n) is 2.32. The van der Waals surface area contributed by atoms with Crippen LogP contribution in [0, 0.1) is 12.8 Å². The molecule has 138 valence electrons. The fraction of sp³-hybridized carbons (Fsp3) is 0.190. The molecule has 3 rings (SSSR count). The van der Waals surface area contributed by atoms with Crippen LogP contribution in [0.1, 0.15) is 25.0 Å². The Hall–Kier alpha value is -2.99. The molecule has 3 aromatic rings. The molecule has 0 aliphatic rings. The molecular weight excluding hydrogens is 356 g/mol. The lowest BCUT2D eigenvalue weighted by molar-refractivity contribution is -0.118. The highest BCUT2D eigenvalue weighted by molar-refractivity contribution is 7.20. The van der Waals surface area contributed by atoms with Crippen LogP contribution in [0.4, 0.5) is 10.1 Å². The van der Waals surface area contributed by atoms with E-state index in [4.69, 9.17) is 0 Å². The average molecular weight is 379 g/mol. The SMILES string of the molecule is Cc1ccc(C=NNc2nc(-c3ccccc3)c(NC(=O)C(C)C)s2)cc1. The summed E-state index contributed by atoms with van der Waals surface area (Å²) in [6.07, 6.45) is 1.75. The molecule has 0 aliphatic carbocycles. The molecule has 0 saturated heterocycles. The molecule has 2 aromatic carbocycles. The quantitative estimate of drug-likeness (QED) is 0.460. The monoisotopic (exact) mass is 378 g/mol. The van der Waals surface area contributed by atoms with E-state index in [0.717, 1.165) is 16.8 Å². The second kappa shape index (κ2) is 8.60. The second-order valence-electron chi connectivity index (χ2n) is 6.49. The molecule has 27 heavy (non-hydrogen) atoms. The van der Waals surface area contributed by atoms with Crippen molar-refractivity contribution in [1.82, 2.24) is 4.98 Å². The summed E-state index contributed by atoms with van der Waals surface area (Å²) in [5.41, 5.74) is 6.86. The van der Waals surface area contributed by atoms with Crippen molar-refractivity contribution >= 4 is 33.6 Å². The number of hydrogen-bond donors (Lipinski definition) is 2. The first-order valence-corrected chi connectivity index (χ1v) is 9.57. The van der Waals surface area contributed by atoms with Gasteiger partial charge in [0.05, 0.1) is 6.21 Å². The normalized spacial score (nSPS) is 11.1. The van der Waals surface area contributed by atoms with Gasteiger partial charge < -0.3 is 5.32 Å². The molecule has 5 nitrogen and oxygen atoms in total. The number of amides is 1. The Morgan fingerprint density at radius 1 is 1.11 bits per heavy atom. The first-order valence-electron chi connectivity index (χ1n) is 8.76. The largest absolute Gasteiger partial charge is 0.316 e. The maximum atomic E-state index is 12.1. The smallest absolute Gasteiger partial charge is 0.227 e. The van der Waals surface area contributed by atoms with Crippen LogP contribution < -0.4 is 10.7 Å². The van der Waals surface area contributed by atoms with E-state index in [1.54, 1.807) is 6.21 Å². The molecule has 0 bridgehead atoms. The summed E-state index contributed by atoms with van der Waals surface area (Å²) in [7, 11) is 0. The Kier molecular flexibility index (Phi) is 5.98. The number of hydrogen-bond acceptors (Lipinski definition) is 5. The molecule has 0 radical (unpaired) electrons. The molecule has 1 aromatic heterocycles. The van der Waals surface area contributed by atoms with Crippen LogP contribution in [-0.2, 0) is 4.79 Å². The number of aromatic nitrogens is 1. The van der Waals surface area contributed by atoms with Crippen LogP contribution in [0.5, 0.6) is 0 Å². The van der Waals surface area contributed by atoms with E-state index in [9.17, 15) is 4.79 Å². The van der Waals surface area contributed by atoms with Crippen LogP contribution in [0.2, 0.25) is 0 Å². The van der Waals surface area contributed by atoms with Gasteiger partial charge in [0.1, 0.15) is 10.7 Å². The lowest BCUT2D eigenvalue weighted by Gasteiger charge is -2.07. The summed E-state index contributed by atoms with van der Waals surface area (Å²) in [5, 5.41) is 8.57. The third-order valence-corrected chi connectivity index (χ3v) is 4.76. The maximum Gasteiger partial charge on any atom is 0.227 e. The molecule has 1 amide bonds. The highest BCUT2D eigenvalue weighted by Gasteiger charge is 2.16. The first kappa shape index (κ1) is 18.8. The first-order chi connectivity index (χ1) is 13.0. The van der Waals surface area contributed by atoms with Crippen LogP contribution in [0.15, 0.2) is 59.7 Å². The summed E-state index contributed by atoms with van der Waals surface area (Å²) in [4.78, 5) is 16.8. The molecule has 0 fully saturated rings. The Bertz CT molecular complexity index is 931. The number of anilines is 2. The Morgan fingerprint density at radius 3 is 2.48 bits per heavy atom. The highest BCUT2D eigenvalue weighted by atomic mass is 32.1. The van der Waals surface area contributed by atoms with Crippen LogP contribution in [-0.4, -0.2) is 17.1 Å². The fourth-order valence-corrected chi connectivity index (χ4v) is 3.16. The number of thiazole rings is 1. The third kappa shape index (κ3) is 5.01. The molecule has 0 atom stereocenters. The number of benzene rings is 2. The minimum Gasteiger partial charge on any atom is -0.316 e. The third-order valence-electron chi connectivity index (χ3n) is 3.89. The average Bonchev–Trinajstić information content (AvgIpc) is 3.06. The molecule has 2 N–H and O–H groups in total. The van der Waals surface area contributed by atoms with Gasteiger partial charge in [-0.3, -0.25) is 10.2 Å². The zero-order valence-electron chi connectivity index (χ0n) is 15.6. The van der Waals surface area contributed by atoms with Gasteiger partial charge in [0.15, 0.2) is 0 Å². The highest BCUT2D eigenvalue weighted by Crippen LogP contribution is 2.36. The van der Waals surface area contributed by atoms with Crippen molar-refractivity contribution in [2.45, 2.75) is 20.8 Å². The van der Waals surface area contributed by atoms with Gasteiger partial charge in [-0.25, -0.2) is 4.98 Å². The molecule has 0 aliphatic heterocycles. The molecule has 0 saturated carbocycles. The van der Waals surface area contributed by atoms with Gasteiger partial charge in [-0.2, -0.15) is 5.10 Å². The Labute approximate surface area is 163 Å². The number of carbonyl (C=O) groups is 1. The van der Waals surface area contributed by atoms with Gasteiger partial charge in [0, 0.05) is 11.5 Å². The van der Waals surface area contributed by atoms with Gasteiger partial charge in [0.25, 0.3) is 0 Å². The van der Waals surface area contributed by atoms with Crippen molar-refractivity contribution in [2.24, 2.45) is 11.0 Å². The summed E-state index contributed by atoms with van der Waals surface area (Å²) in [6.45, 7) is 5.78. The lowest BCUT2D eigenvalue weighted by Crippen LogP contribution is -2.17. The minimum atomic E-state index is -0.105. The molecule has 0 spiro atoms. The van der Waals surface area contributed by atoms with Gasteiger partial charge >= 0.3 is 0 Å². The van der Waals surface area contributed by atoms with Crippen LogP contribution >= 0.6 is 11.3 Å². The van der Waals surface area contributed by atoms with Gasteiger partial charge in [-0.05, 0) is 12.5 Å². The second-order valence-corrected chi connectivity index (χ2v) is 7.49. The number of hydrazone groups is 1. The van der Waals surface area contributed by atoms with E-state index in [1.165, 1.54) is 16.9 Å². The predicted octanol–water partition coefficient (Wildman–Crippen LogP) is 5.16.